The van der Waals surface area contributed by atoms with Crippen LogP contribution in [0.3, 0.4) is 0 Å². The first-order chi connectivity index (χ1) is 14.3. The Labute approximate surface area is 188 Å². The number of guanidine groups is 1. The fourth-order valence-corrected chi connectivity index (χ4v) is 3.59. The lowest BCUT2D eigenvalue weighted by molar-refractivity contribution is 0.257. The summed E-state index contributed by atoms with van der Waals surface area (Å²) in [6, 6.07) is 0. The topological polar surface area (TPSA) is 42.4 Å². The number of rotatable bonds is 20. The average Bonchev–Trinajstić information content (AvgIpc) is 2.68. The van der Waals surface area contributed by atoms with Gasteiger partial charge < -0.3 is 15.1 Å². The van der Waals surface area contributed by atoms with E-state index in [9.17, 15) is 0 Å². The molecular formula is C26H52N4. The molecule has 0 aliphatic rings. The van der Waals surface area contributed by atoms with Crippen LogP contribution in [0.5, 0.6) is 0 Å². The lowest BCUT2D eigenvalue weighted by atomic mass is 10.1. The van der Waals surface area contributed by atoms with Crippen molar-refractivity contribution in [3.8, 4) is 0 Å². The minimum absolute atomic E-state index is 0.506. The number of hydrogen-bond donors (Lipinski definition) is 2. The van der Waals surface area contributed by atoms with Gasteiger partial charge in [0.15, 0.2) is 5.96 Å². The fraction of sp³-hybridized carbons (Fsp3) is 0.808. The molecule has 176 valence electrons. The molecule has 0 saturated carbocycles. The number of unbranched alkanes of at least 4 members (excludes halogenated alkanes) is 8. The molecule has 0 unspecified atom stereocenters. The van der Waals surface area contributed by atoms with Gasteiger partial charge in [0, 0.05) is 20.6 Å². The van der Waals surface area contributed by atoms with Crippen molar-refractivity contribution >= 4 is 5.96 Å². The van der Waals surface area contributed by atoms with Crippen molar-refractivity contribution in [2.24, 2.45) is 0 Å². The van der Waals surface area contributed by atoms with Crippen LogP contribution in [0.1, 0.15) is 97.3 Å². The monoisotopic (exact) mass is 420 g/mol. The highest BCUT2D eigenvalue weighted by molar-refractivity contribution is 5.75. The minimum atomic E-state index is 0.506. The van der Waals surface area contributed by atoms with E-state index < -0.39 is 0 Å². The van der Waals surface area contributed by atoms with E-state index in [0.29, 0.717) is 5.96 Å². The van der Waals surface area contributed by atoms with Gasteiger partial charge in [-0.2, -0.15) is 0 Å². The summed E-state index contributed by atoms with van der Waals surface area (Å²) in [5.74, 6) is 0.506. The van der Waals surface area contributed by atoms with Crippen molar-refractivity contribution < 1.29 is 0 Å². The maximum absolute atomic E-state index is 7.85. The Hall–Kier alpha value is -1.29. The summed E-state index contributed by atoms with van der Waals surface area (Å²) >= 11 is 0. The largest absolute Gasteiger partial charge is 0.356 e. The molecule has 0 atom stereocenters. The standard InChI is InChI=1S/C26H52N4/c1-24(2)18-13-9-7-11-15-21-30(23-17-20-28-26(27)29(5)6)22-16-12-8-10-14-19-25(3)4/h1,3,7-23H2,2,4-6H3,(H2,27,28). The molecule has 0 spiro atoms. The molecule has 0 aromatic heterocycles. The number of hydrogen-bond acceptors (Lipinski definition) is 2. The zero-order chi connectivity index (χ0) is 22.6. The quantitative estimate of drug-likeness (QED) is 0.101. The summed E-state index contributed by atoms with van der Waals surface area (Å²) in [5.41, 5.74) is 2.63. The molecule has 0 heterocycles. The van der Waals surface area contributed by atoms with E-state index in [4.69, 9.17) is 5.41 Å². The van der Waals surface area contributed by atoms with Crippen molar-refractivity contribution in [2.75, 3.05) is 40.3 Å². The van der Waals surface area contributed by atoms with Gasteiger partial charge in [0.05, 0.1) is 0 Å². The predicted octanol–water partition coefficient (Wildman–Crippen LogP) is 6.60. The first kappa shape index (κ1) is 28.7. The Bertz CT molecular complexity index is 428. The van der Waals surface area contributed by atoms with Gasteiger partial charge >= 0.3 is 0 Å². The number of nitrogens with one attached hydrogen (secondary N) is 2. The zero-order valence-corrected chi connectivity index (χ0v) is 20.8. The second-order valence-corrected chi connectivity index (χ2v) is 9.31. The molecule has 0 aliphatic heterocycles. The average molecular weight is 421 g/mol. The number of nitrogens with zero attached hydrogens (tertiary/aromatic N) is 2. The Morgan fingerprint density at radius 1 is 0.667 bits per heavy atom. The molecule has 4 nitrogen and oxygen atoms in total. The molecule has 0 aromatic rings. The summed E-state index contributed by atoms with van der Waals surface area (Å²) in [5, 5.41) is 11.1. The van der Waals surface area contributed by atoms with Gasteiger partial charge in [-0.05, 0) is 78.4 Å². The van der Waals surface area contributed by atoms with Crippen LogP contribution in [0.25, 0.3) is 0 Å². The SMILES string of the molecule is C=C(C)CCCCCCCN(CCCCCCCC(=C)C)CCCNC(=N)N(C)C. The maximum Gasteiger partial charge on any atom is 0.190 e. The van der Waals surface area contributed by atoms with Gasteiger partial charge in [0.2, 0.25) is 0 Å². The predicted molar refractivity (Wildman–Crippen MR) is 136 cm³/mol. The summed E-state index contributed by atoms with van der Waals surface area (Å²) in [7, 11) is 3.82. The van der Waals surface area contributed by atoms with Crippen LogP contribution in [-0.2, 0) is 0 Å². The van der Waals surface area contributed by atoms with Crippen LogP contribution in [0.2, 0.25) is 0 Å². The summed E-state index contributed by atoms with van der Waals surface area (Å²) in [6.45, 7) is 16.7. The molecule has 0 rings (SSSR count). The molecule has 0 radical (unpaired) electrons. The van der Waals surface area contributed by atoms with Crippen molar-refractivity contribution in [1.29, 1.82) is 5.41 Å². The number of allylic oxidation sites excluding steroid dienone is 2. The zero-order valence-electron chi connectivity index (χ0n) is 20.8. The molecule has 0 amide bonds. The summed E-state index contributed by atoms with van der Waals surface area (Å²) in [4.78, 5) is 4.47. The molecule has 0 fully saturated rings. The second kappa shape index (κ2) is 19.7. The van der Waals surface area contributed by atoms with Gasteiger partial charge in [0.1, 0.15) is 0 Å². The minimum Gasteiger partial charge on any atom is -0.356 e. The van der Waals surface area contributed by atoms with Crippen LogP contribution < -0.4 is 5.32 Å². The van der Waals surface area contributed by atoms with Crippen LogP contribution in [0, 0.1) is 5.41 Å². The fourth-order valence-electron chi connectivity index (χ4n) is 3.59. The first-order valence-corrected chi connectivity index (χ1v) is 12.3. The van der Waals surface area contributed by atoms with Crippen molar-refractivity contribution in [2.45, 2.75) is 97.3 Å². The van der Waals surface area contributed by atoms with Crippen molar-refractivity contribution in [1.82, 2.24) is 15.1 Å². The molecule has 0 aromatic carbocycles. The first-order valence-electron chi connectivity index (χ1n) is 12.3. The Balaban J connectivity index is 4.01. The molecular weight excluding hydrogens is 368 g/mol. The van der Waals surface area contributed by atoms with Crippen LogP contribution in [-0.4, -0.2) is 56.0 Å². The van der Waals surface area contributed by atoms with E-state index in [0.717, 1.165) is 19.5 Å². The smallest absolute Gasteiger partial charge is 0.190 e. The second-order valence-electron chi connectivity index (χ2n) is 9.31. The lowest BCUT2D eigenvalue weighted by Gasteiger charge is -2.23. The highest BCUT2D eigenvalue weighted by atomic mass is 15.2. The highest BCUT2D eigenvalue weighted by Gasteiger charge is 2.06. The Morgan fingerprint density at radius 2 is 1.07 bits per heavy atom. The normalized spacial score (nSPS) is 11.0. The molecule has 0 aliphatic carbocycles. The maximum atomic E-state index is 7.85. The molecule has 0 saturated heterocycles. The van der Waals surface area contributed by atoms with E-state index in [-0.39, 0.29) is 0 Å². The van der Waals surface area contributed by atoms with E-state index in [1.54, 1.807) is 0 Å². The molecule has 0 bridgehead atoms. The third-order valence-electron chi connectivity index (χ3n) is 5.55. The van der Waals surface area contributed by atoms with E-state index in [1.165, 1.54) is 101 Å². The van der Waals surface area contributed by atoms with Gasteiger partial charge in [-0.1, -0.05) is 49.7 Å². The summed E-state index contributed by atoms with van der Waals surface area (Å²) < 4.78 is 0. The van der Waals surface area contributed by atoms with Gasteiger partial charge in [-0.15, -0.1) is 13.2 Å². The van der Waals surface area contributed by atoms with Crippen LogP contribution >= 0.6 is 0 Å². The van der Waals surface area contributed by atoms with Gasteiger partial charge in [-0.3, -0.25) is 5.41 Å². The molecule has 4 heteroatoms. The summed E-state index contributed by atoms with van der Waals surface area (Å²) in [6.07, 6.45) is 16.8. The van der Waals surface area contributed by atoms with E-state index in [2.05, 4.69) is 37.2 Å². The molecule has 2 N–H and O–H groups in total. The lowest BCUT2D eigenvalue weighted by Crippen LogP contribution is -2.37. The van der Waals surface area contributed by atoms with E-state index in [1.807, 2.05) is 19.0 Å². The third-order valence-corrected chi connectivity index (χ3v) is 5.55. The third kappa shape index (κ3) is 20.0. The van der Waals surface area contributed by atoms with Crippen LogP contribution in [0.4, 0.5) is 0 Å². The molecule has 30 heavy (non-hydrogen) atoms. The van der Waals surface area contributed by atoms with E-state index >= 15 is 0 Å². The van der Waals surface area contributed by atoms with Gasteiger partial charge in [-0.25, -0.2) is 0 Å². The van der Waals surface area contributed by atoms with Crippen molar-refractivity contribution in [3.05, 3.63) is 24.3 Å². The van der Waals surface area contributed by atoms with Crippen LogP contribution in [0.15, 0.2) is 24.3 Å². The Kier molecular flexibility index (Phi) is 18.8. The Morgan fingerprint density at radius 3 is 1.50 bits per heavy atom. The highest BCUT2D eigenvalue weighted by Crippen LogP contribution is 2.12. The van der Waals surface area contributed by atoms with Crippen molar-refractivity contribution in [3.63, 3.8) is 0 Å². The van der Waals surface area contributed by atoms with Gasteiger partial charge in [0.25, 0.3) is 0 Å².